The molecule has 0 bridgehead atoms. The Balaban J connectivity index is 0.000000202. The van der Waals surface area contributed by atoms with Crippen molar-refractivity contribution in [2.24, 2.45) is 10.8 Å². The van der Waals surface area contributed by atoms with Crippen LogP contribution >= 0.6 is 0 Å². The fourth-order valence-electron chi connectivity index (χ4n) is 10.2. The molecule has 68 heavy (non-hydrogen) atoms. The number of esters is 1. The summed E-state index contributed by atoms with van der Waals surface area (Å²) >= 11 is 0. The molecule has 0 atom stereocenters. The first kappa shape index (κ1) is 50.9. The second kappa shape index (κ2) is 20.2. The molecule has 368 valence electrons. The standard InChI is InChI=1S/C26H34N2O6S.C24H30N2O6S/c1-5-34-24(30)17-28-18(2)20(25-21(28)15-26(3,4)16-22(25)29)14-19-8-6-7-9-23(19)35(31,32)27-10-12-33-13-11-27;1-16-18(23-19(26(16)15-22(28)29)13-24(2,3)14-20(23)27)12-17-6-4-5-7-21(17)33(30,31)25-8-10-32-11-9-25/h6-9H,5,10-17H2,1-4H3;4-7H,8-15H2,1-3H3,(H,28,29). The molecule has 0 amide bonds. The van der Waals surface area contributed by atoms with Gasteiger partial charge in [0.15, 0.2) is 11.6 Å². The Morgan fingerprint density at radius 3 is 1.40 bits per heavy atom. The van der Waals surface area contributed by atoms with Crippen LogP contribution in [0.4, 0.5) is 0 Å². The number of carboxylic acid groups (broad SMARTS) is 1. The number of benzene rings is 2. The van der Waals surface area contributed by atoms with Crippen molar-refractivity contribution >= 4 is 43.6 Å². The zero-order valence-corrected chi connectivity index (χ0v) is 41.8. The van der Waals surface area contributed by atoms with Gasteiger partial charge in [0.25, 0.3) is 0 Å². The number of ether oxygens (including phenoxy) is 3. The molecular formula is C50H64N4O12S2. The fourth-order valence-corrected chi connectivity index (χ4v) is 13.4. The maximum atomic E-state index is 13.5. The number of sulfonamides is 2. The normalized spacial score (nSPS) is 18.6. The van der Waals surface area contributed by atoms with Crippen LogP contribution in [0.15, 0.2) is 58.3 Å². The number of carboxylic acids is 1. The van der Waals surface area contributed by atoms with Crippen molar-refractivity contribution in [2.45, 2.75) is 110 Å². The molecule has 16 nitrogen and oxygen atoms in total. The van der Waals surface area contributed by atoms with E-state index in [-0.39, 0.29) is 70.7 Å². The Bertz CT molecular complexity index is 2830. The average Bonchev–Trinajstić information content (AvgIpc) is 3.67. The molecule has 0 unspecified atom stereocenters. The summed E-state index contributed by atoms with van der Waals surface area (Å²) in [5, 5.41) is 9.48. The molecule has 2 aliphatic carbocycles. The first-order chi connectivity index (χ1) is 32.1. The first-order valence-corrected chi connectivity index (χ1v) is 26.1. The number of fused-ring (bicyclic) bond motifs is 2. The van der Waals surface area contributed by atoms with Crippen LogP contribution in [-0.4, -0.2) is 122 Å². The Hall–Kier alpha value is -4.98. The summed E-state index contributed by atoms with van der Waals surface area (Å²) in [7, 11) is -7.43. The van der Waals surface area contributed by atoms with Gasteiger partial charge in [-0.05, 0) is 78.8 Å². The largest absolute Gasteiger partial charge is 0.480 e. The van der Waals surface area contributed by atoms with Crippen LogP contribution in [0.5, 0.6) is 0 Å². The average molecular weight is 977 g/mol. The molecule has 4 heterocycles. The Kier molecular flexibility index (Phi) is 15.1. The van der Waals surface area contributed by atoms with Gasteiger partial charge >= 0.3 is 11.9 Å². The molecule has 2 aromatic heterocycles. The van der Waals surface area contributed by atoms with Crippen molar-refractivity contribution in [3.8, 4) is 0 Å². The summed E-state index contributed by atoms with van der Waals surface area (Å²) in [5.41, 5.74) is 6.51. The summed E-state index contributed by atoms with van der Waals surface area (Å²) in [6.07, 6.45) is 2.56. The van der Waals surface area contributed by atoms with Gasteiger partial charge in [-0.3, -0.25) is 19.2 Å². The molecule has 2 aromatic carbocycles. The lowest BCUT2D eigenvalue weighted by Crippen LogP contribution is -2.40. The number of aromatic nitrogens is 2. The predicted octanol–water partition coefficient (Wildman–Crippen LogP) is 5.77. The number of hydrogen-bond donors (Lipinski definition) is 1. The maximum Gasteiger partial charge on any atom is 0.325 e. The van der Waals surface area contributed by atoms with Gasteiger partial charge in [0, 0.05) is 85.8 Å². The first-order valence-electron chi connectivity index (χ1n) is 23.2. The minimum Gasteiger partial charge on any atom is -0.480 e. The van der Waals surface area contributed by atoms with Gasteiger partial charge in [-0.25, -0.2) is 16.8 Å². The zero-order chi connectivity index (χ0) is 49.3. The highest BCUT2D eigenvalue weighted by molar-refractivity contribution is 7.89. The lowest BCUT2D eigenvalue weighted by molar-refractivity contribution is -0.144. The summed E-state index contributed by atoms with van der Waals surface area (Å²) in [5.74, 6) is -1.32. The van der Waals surface area contributed by atoms with E-state index in [4.69, 9.17) is 14.2 Å². The molecular weight excluding hydrogens is 913 g/mol. The van der Waals surface area contributed by atoms with Gasteiger partial charge in [-0.2, -0.15) is 8.61 Å². The quantitative estimate of drug-likeness (QED) is 0.159. The van der Waals surface area contributed by atoms with Crippen molar-refractivity contribution in [3.05, 3.63) is 105 Å². The van der Waals surface area contributed by atoms with E-state index in [2.05, 4.69) is 13.8 Å². The minimum absolute atomic E-state index is 0.0167. The molecule has 0 radical (unpaired) electrons. The van der Waals surface area contributed by atoms with Crippen LogP contribution in [0.1, 0.15) is 113 Å². The maximum absolute atomic E-state index is 13.5. The lowest BCUT2D eigenvalue weighted by atomic mass is 9.75. The molecule has 8 rings (SSSR count). The number of rotatable bonds is 13. The van der Waals surface area contributed by atoms with E-state index in [0.29, 0.717) is 106 Å². The van der Waals surface area contributed by atoms with E-state index in [0.717, 1.165) is 28.2 Å². The zero-order valence-electron chi connectivity index (χ0n) is 40.2. The molecule has 4 aromatic rings. The second-order valence-corrected chi connectivity index (χ2v) is 23.4. The van der Waals surface area contributed by atoms with Gasteiger partial charge in [-0.15, -0.1) is 0 Å². The van der Waals surface area contributed by atoms with Gasteiger partial charge in [-0.1, -0.05) is 64.1 Å². The van der Waals surface area contributed by atoms with Gasteiger partial charge < -0.3 is 28.5 Å². The van der Waals surface area contributed by atoms with Crippen LogP contribution in [0.3, 0.4) is 0 Å². The highest BCUT2D eigenvalue weighted by Crippen LogP contribution is 2.42. The Labute approximate surface area is 399 Å². The van der Waals surface area contributed by atoms with E-state index in [1.807, 2.05) is 38.3 Å². The smallest absolute Gasteiger partial charge is 0.325 e. The molecule has 1 N–H and O–H groups in total. The number of carbonyl (C=O) groups is 4. The van der Waals surface area contributed by atoms with Crippen LogP contribution in [0, 0.1) is 24.7 Å². The highest BCUT2D eigenvalue weighted by atomic mass is 32.2. The van der Waals surface area contributed by atoms with Gasteiger partial charge in [0.2, 0.25) is 20.0 Å². The molecule has 4 aliphatic rings. The summed E-state index contributed by atoms with van der Waals surface area (Å²) in [4.78, 5) is 51.0. The predicted molar refractivity (Wildman–Crippen MR) is 253 cm³/mol. The third kappa shape index (κ3) is 10.6. The summed E-state index contributed by atoms with van der Waals surface area (Å²) < 4.78 is 76.1. The minimum atomic E-state index is -3.72. The molecule has 2 aliphatic heterocycles. The monoisotopic (exact) mass is 976 g/mol. The molecule has 2 saturated heterocycles. The van der Waals surface area contributed by atoms with E-state index >= 15 is 0 Å². The Morgan fingerprint density at radius 1 is 0.632 bits per heavy atom. The number of ketones is 2. The molecule has 0 spiro atoms. The topological polar surface area (TPSA) is 201 Å². The summed E-state index contributed by atoms with van der Waals surface area (Å²) in [6.45, 7) is 16.3. The number of hydrogen-bond acceptors (Lipinski definition) is 11. The van der Waals surface area contributed by atoms with Crippen molar-refractivity contribution in [1.29, 1.82) is 0 Å². The van der Waals surface area contributed by atoms with Crippen LogP contribution in [-0.2, 0) is 82.6 Å². The molecule has 0 saturated carbocycles. The van der Waals surface area contributed by atoms with Crippen LogP contribution in [0.2, 0.25) is 0 Å². The Morgan fingerprint density at radius 2 is 1.01 bits per heavy atom. The number of nitrogens with zero attached hydrogens (tertiary/aromatic N) is 4. The number of morpholine rings is 2. The van der Waals surface area contributed by atoms with Crippen molar-refractivity contribution in [2.75, 3.05) is 59.2 Å². The SMILES string of the molecule is CCOC(=O)Cn1c(C)c(Cc2ccccc2S(=O)(=O)N2CCOCC2)c2c1CC(C)(C)CC2=O.Cc1c(Cc2ccccc2S(=O)(=O)N2CCOCC2)c2c(n1CC(=O)O)CC(C)(C)CC2=O. The highest BCUT2D eigenvalue weighted by Gasteiger charge is 2.40. The van der Waals surface area contributed by atoms with Crippen LogP contribution < -0.4 is 0 Å². The number of aliphatic carboxylic acids is 1. The van der Waals surface area contributed by atoms with Crippen LogP contribution in [0.25, 0.3) is 0 Å². The number of carbonyl (C=O) groups excluding carboxylic acids is 3. The van der Waals surface area contributed by atoms with E-state index in [1.165, 1.54) is 8.61 Å². The number of Topliss-reactive ketones (excluding diaryl/α,β-unsaturated/α-hetero) is 2. The van der Waals surface area contributed by atoms with E-state index in [1.54, 1.807) is 54.0 Å². The molecule has 2 fully saturated rings. The lowest BCUT2D eigenvalue weighted by Gasteiger charge is -2.30. The molecule has 18 heteroatoms. The summed E-state index contributed by atoms with van der Waals surface area (Å²) in [6, 6.07) is 13.8. The van der Waals surface area contributed by atoms with Crippen molar-refractivity contribution in [3.63, 3.8) is 0 Å². The van der Waals surface area contributed by atoms with Gasteiger partial charge in [0.05, 0.1) is 42.8 Å². The fraction of sp³-hybridized carbons (Fsp3) is 0.520. The second-order valence-electron chi connectivity index (χ2n) is 19.6. The van der Waals surface area contributed by atoms with Crippen molar-refractivity contribution < 1.29 is 55.3 Å². The third-order valence-electron chi connectivity index (χ3n) is 13.4. The third-order valence-corrected chi connectivity index (χ3v) is 17.4. The van der Waals surface area contributed by atoms with E-state index in [9.17, 15) is 41.1 Å². The van der Waals surface area contributed by atoms with Gasteiger partial charge in [0.1, 0.15) is 13.1 Å². The van der Waals surface area contributed by atoms with E-state index < -0.39 is 26.0 Å². The van der Waals surface area contributed by atoms with Crippen molar-refractivity contribution in [1.82, 2.24) is 17.7 Å².